The Morgan fingerprint density at radius 1 is 1.19 bits per heavy atom. The first-order valence-electron chi connectivity index (χ1n) is 9.77. The molecule has 0 aliphatic carbocycles. The van der Waals surface area contributed by atoms with Crippen molar-refractivity contribution in [2.24, 2.45) is 0 Å². The molecule has 3 heterocycles. The molecule has 164 valence electrons. The van der Waals surface area contributed by atoms with Crippen molar-refractivity contribution >= 4 is 45.6 Å². The van der Waals surface area contributed by atoms with Gasteiger partial charge in [0, 0.05) is 18.0 Å². The van der Waals surface area contributed by atoms with Crippen molar-refractivity contribution in [3.8, 4) is 5.75 Å². The Morgan fingerprint density at radius 2 is 2.03 bits per heavy atom. The number of carbonyl (C=O) groups is 1. The number of benzene rings is 1. The Bertz CT molecular complexity index is 1320. The molecule has 0 spiro atoms. The Kier molecular flexibility index (Phi) is 6.66. The summed E-state index contributed by atoms with van der Waals surface area (Å²) in [5.74, 6) is 1.05. The molecule has 0 bridgehead atoms. The third kappa shape index (κ3) is 5.24. The van der Waals surface area contributed by atoms with E-state index in [1.165, 1.54) is 33.6 Å². The van der Waals surface area contributed by atoms with E-state index in [9.17, 15) is 9.59 Å². The highest BCUT2D eigenvalue weighted by Crippen LogP contribution is 2.28. The van der Waals surface area contributed by atoms with E-state index in [0.29, 0.717) is 44.6 Å². The summed E-state index contributed by atoms with van der Waals surface area (Å²) in [5.41, 5.74) is 2.68. The number of nitrogens with zero attached hydrogens (tertiary/aromatic N) is 4. The smallest absolute Gasteiger partial charge is 0.325 e. The van der Waals surface area contributed by atoms with Gasteiger partial charge < -0.3 is 10.1 Å². The number of aryl methyl sites for hydroxylation is 1. The number of amides is 2. The molecule has 2 amide bonds. The highest BCUT2D eigenvalue weighted by atomic mass is 32.2. The summed E-state index contributed by atoms with van der Waals surface area (Å²) in [4.78, 5) is 29.2. The van der Waals surface area contributed by atoms with Gasteiger partial charge in [0.2, 0.25) is 5.13 Å². The van der Waals surface area contributed by atoms with E-state index in [1.54, 1.807) is 18.3 Å². The molecule has 3 aromatic heterocycles. The number of ether oxygens (including phenoxy) is 1. The van der Waals surface area contributed by atoms with Crippen LogP contribution in [0.1, 0.15) is 18.2 Å². The maximum Gasteiger partial charge on any atom is 0.325 e. The topological polar surface area (TPSA) is 111 Å². The minimum absolute atomic E-state index is 0.127. The van der Waals surface area contributed by atoms with Crippen LogP contribution in [0.25, 0.3) is 5.65 Å². The first-order chi connectivity index (χ1) is 15.5. The number of carbonyl (C=O) groups excluding carboxylic acids is 1. The third-order valence-electron chi connectivity index (χ3n) is 4.27. The highest BCUT2D eigenvalue weighted by Gasteiger charge is 2.12. The van der Waals surface area contributed by atoms with Gasteiger partial charge >= 0.3 is 6.03 Å². The molecule has 9 nitrogen and oxygen atoms in total. The minimum Gasteiger partial charge on any atom is -0.492 e. The molecule has 0 aliphatic rings. The lowest BCUT2D eigenvalue weighted by Gasteiger charge is -2.10. The number of hydrogen-bond acceptors (Lipinski definition) is 8. The number of aromatic nitrogens is 4. The minimum atomic E-state index is -0.440. The Hall–Kier alpha value is -3.44. The molecule has 0 saturated carbocycles. The number of hydrogen-bond donors (Lipinski definition) is 2. The van der Waals surface area contributed by atoms with Crippen LogP contribution in [-0.4, -0.2) is 32.2 Å². The predicted octanol–water partition coefficient (Wildman–Crippen LogP) is 4.19. The lowest BCUT2D eigenvalue weighted by atomic mass is 10.3. The van der Waals surface area contributed by atoms with Crippen LogP contribution in [0.3, 0.4) is 0 Å². The molecule has 0 saturated heterocycles. The molecule has 0 radical (unpaired) electrons. The zero-order chi connectivity index (χ0) is 22.5. The quantitative estimate of drug-likeness (QED) is 0.309. The first-order valence-corrected chi connectivity index (χ1v) is 11.6. The van der Waals surface area contributed by atoms with Gasteiger partial charge in [-0.2, -0.15) is 0 Å². The monoisotopic (exact) mass is 468 g/mol. The van der Waals surface area contributed by atoms with Crippen LogP contribution in [0.4, 0.5) is 15.6 Å². The highest BCUT2D eigenvalue weighted by molar-refractivity contribution is 8.00. The van der Waals surface area contributed by atoms with E-state index in [-0.39, 0.29) is 5.56 Å². The van der Waals surface area contributed by atoms with Crippen molar-refractivity contribution in [1.82, 2.24) is 19.6 Å². The maximum atomic E-state index is 12.3. The number of rotatable bonds is 7. The van der Waals surface area contributed by atoms with Crippen LogP contribution >= 0.6 is 23.1 Å². The zero-order valence-electron chi connectivity index (χ0n) is 17.4. The van der Waals surface area contributed by atoms with E-state index in [1.807, 2.05) is 38.1 Å². The number of para-hydroxylation sites is 2. The van der Waals surface area contributed by atoms with E-state index >= 15 is 0 Å². The maximum absolute atomic E-state index is 12.3. The number of pyridine rings is 1. The average Bonchev–Trinajstić information content (AvgIpc) is 3.21. The first kappa shape index (κ1) is 21.8. The van der Waals surface area contributed by atoms with E-state index in [2.05, 4.69) is 25.8 Å². The molecular formula is C21H20N6O3S2. The molecule has 32 heavy (non-hydrogen) atoms. The Labute approximate surface area is 191 Å². The van der Waals surface area contributed by atoms with E-state index in [4.69, 9.17) is 4.74 Å². The number of fused-ring (bicyclic) bond motifs is 1. The summed E-state index contributed by atoms with van der Waals surface area (Å²) in [5, 5.41) is 13.9. The summed E-state index contributed by atoms with van der Waals surface area (Å²) in [6.07, 6.45) is 1.77. The van der Waals surface area contributed by atoms with E-state index in [0.717, 1.165) is 5.56 Å². The van der Waals surface area contributed by atoms with Crippen molar-refractivity contribution in [3.63, 3.8) is 0 Å². The van der Waals surface area contributed by atoms with Gasteiger partial charge in [0.05, 0.1) is 18.0 Å². The molecule has 4 aromatic rings. The molecule has 11 heteroatoms. The Morgan fingerprint density at radius 3 is 2.88 bits per heavy atom. The molecule has 0 unspecified atom stereocenters. The van der Waals surface area contributed by atoms with Crippen LogP contribution < -0.4 is 20.9 Å². The van der Waals surface area contributed by atoms with Gasteiger partial charge in [-0.1, -0.05) is 41.3 Å². The molecule has 0 aliphatic heterocycles. The van der Waals surface area contributed by atoms with Gasteiger partial charge in [-0.3, -0.25) is 14.5 Å². The van der Waals surface area contributed by atoms with Crippen molar-refractivity contribution in [1.29, 1.82) is 0 Å². The van der Waals surface area contributed by atoms with E-state index < -0.39 is 6.03 Å². The summed E-state index contributed by atoms with van der Waals surface area (Å²) in [6, 6.07) is 12.0. The van der Waals surface area contributed by atoms with Crippen molar-refractivity contribution in [2.75, 3.05) is 17.2 Å². The summed E-state index contributed by atoms with van der Waals surface area (Å²) in [7, 11) is 0. The SMILES string of the molecule is CCOc1ccccc1NC(=O)Nc1nnc(SCc2cc(=O)n3cc(C)ccc3n2)s1. The van der Waals surface area contributed by atoms with Crippen LogP contribution in [0.5, 0.6) is 5.75 Å². The van der Waals surface area contributed by atoms with Gasteiger partial charge in [-0.05, 0) is 37.6 Å². The zero-order valence-corrected chi connectivity index (χ0v) is 19.0. The van der Waals surface area contributed by atoms with Crippen LogP contribution in [0.2, 0.25) is 0 Å². The predicted molar refractivity (Wildman–Crippen MR) is 126 cm³/mol. The largest absolute Gasteiger partial charge is 0.492 e. The second-order valence-corrected chi connectivity index (χ2v) is 8.89. The van der Waals surface area contributed by atoms with Gasteiger partial charge in [0.1, 0.15) is 11.4 Å². The molecule has 4 rings (SSSR count). The van der Waals surface area contributed by atoms with Gasteiger partial charge in [0.25, 0.3) is 5.56 Å². The van der Waals surface area contributed by atoms with Crippen molar-refractivity contribution < 1.29 is 9.53 Å². The number of thioether (sulfide) groups is 1. The standard InChI is InChI=1S/C21H20N6O3S2/c1-3-30-16-7-5-4-6-15(16)23-19(29)24-20-25-26-21(32-20)31-12-14-10-18(28)27-11-13(2)8-9-17(27)22-14/h4-11H,3,12H2,1-2H3,(H2,23,24,25,29). The summed E-state index contributed by atoms with van der Waals surface area (Å²) < 4.78 is 7.69. The Balaban J connectivity index is 1.37. The summed E-state index contributed by atoms with van der Waals surface area (Å²) >= 11 is 2.64. The fourth-order valence-corrected chi connectivity index (χ4v) is 4.53. The van der Waals surface area contributed by atoms with Crippen LogP contribution in [0, 0.1) is 6.92 Å². The van der Waals surface area contributed by atoms with Crippen LogP contribution in [0.15, 0.2) is 57.8 Å². The summed E-state index contributed by atoms with van der Waals surface area (Å²) in [6.45, 7) is 4.30. The lowest BCUT2D eigenvalue weighted by Crippen LogP contribution is -2.19. The fraction of sp³-hybridized carbons (Fsp3) is 0.190. The fourth-order valence-electron chi connectivity index (χ4n) is 2.89. The van der Waals surface area contributed by atoms with Crippen molar-refractivity contribution in [3.05, 3.63) is 70.3 Å². The molecule has 1 aromatic carbocycles. The van der Waals surface area contributed by atoms with Gasteiger partial charge in [-0.25, -0.2) is 9.78 Å². The molecule has 0 fully saturated rings. The van der Waals surface area contributed by atoms with Crippen molar-refractivity contribution in [2.45, 2.75) is 23.9 Å². The molecular weight excluding hydrogens is 448 g/mol. The second kappa shape index (κ2) is 9.79. The second-order valence-electron chi connectivity index (χ2n) is 6.69. The lowest BCUT2D eigenvalue weighted by molar-refractivity contribution is 0.262. The number of anilines is 2. The average molecular weight is 469 g/mol. The molecule has 2 N–H and O–H groups in total. The normalized spacial score (nSPS) is 10.8. The van der Waals surface area contributed by atoms with Gasteiger partial charge in [0.15, 0.2) is 4.34 Å². The third-order valence-corrected chi connectivity index (χ3v) is 6.27. The molecule has 0 atom stereocenters. The van der Waals surface area contributed by atoms with Crippen LogP contribution in [-0.2, 0) is 5.75 Å². The van der Waals surface area contributed by atoms with Gasteiger partial charge in [-0.15, -0.1) is 10.2 Å². The number of urea groups is 1. The number of nitrogens with one attached hydrogen (secondary N) is 2.